The van der Waals surface area contributed by atoms with Gasteiger partial charge < -0.3 is 9.47 Å². The summed E-state index contributed by atoms with van der Waals surface area (Å²) < 4.78 is 11.5. The lowest BCUT2D eigenvalue weighted by atomic mass is 10.1. The van der Waals surface area contributed by atoms with Crippen molar-refractivity contribution >= 4 is 34.0 Å². The van der Waals surface area contributed by atoms with Gasteiger partial charge in [0.1, 0.15) is 11.5 Å². The monoisotopic (exact) mass is 466 g/mol. The van der Waals surface area contributed by atoms with E-state index in [1.54, 1.807) is 42.5 Å². The molecule has 0 spiro atoms. The van der Waals surface area contributed by atoms with Crippen LogP contribution in [0.2, 0.25) is 0 Å². The number of hydrogen-bond acceptors (Lipinski definition) is 5. The Morgan fingerprint density at radius 2 is 1.70 bits per heavy atom. The Labute approximate surface area is 182 Å². The van der Waals surface area contributed by atoms with Gasteiger partial charge in [-0.05, 0) is 76.9 Å². The molecule has 3 rings (SSSR count). The van der Waals surface area contributed by atoms with Crippen molar-refractivity contribution in [2.75, 3.05) is 6.61 Å². The van der Waals surface area contributed by atoms with Gasteiger partial charge in [0.25, 0.3) is 5.91 Å². The molecule has 0 aliphatic carbocycles. The average molecular weight is 467 g/mol. The third-order valence-corrected chi connectivity index (χ3v) is 4.63. The zero-order valence-electron chi connectivity index (χ0n) is 16.2. The van der Waals surface area contributed by atoms with Crippen LogP contribution in [0.1, 0.15) is 21.5 Å². The van der Waals surface area contributed by atoms with Crippen molar-refractivity contribution in [3.05, 3.63) is 94.0 Å². The van der Waals surface area contributed by atoms with Crippen molar-refractivity contribution in [1.82, 2.24) is 5.43 Å². The van der Waals surface area contributed by atoms with Crippen molar-refractivity contribution in [2.45, 2.75) is 6.92 Å². The second kappa shape index (κ2) is 10.4. The predicted molar refractivity (Wildman–Crippen MR) is 118 cm³/mol. The molecule has 0 saturated heterocycles. The Morgan fingerprint density at radius 1 is 1.00 bits per heavy atom. The minimum Gasteiger partial charge on any atom is -0.483 e. The standard InChI is InChI=1S/C23H19BrN2O4/c1-16-6-10-18(11-7-16)23(28)30-19-12-8-17(9-13-19)14-25-26-22(27)15-29-21-5-3-2-4-20(21)24/h2-14H,15H2,1H3,(H,26,27). The van der Waals surface area contributed by atoms with Gasteiger partial charge in [-0.25, -0.2) is 10.2 Å². The van der Waals surface area contributed by atoms with E-state index < -0.39 is 5.97 Å². The molecule has 0 unspecified atom stereocenters. The van der Waals surface area contributed by atoms with Crippen LogP contribution >= 0.6 is 15.9 Å². The molecule has 0 aliphatic heterocycles. The molecule has 1 amide bonds. The van der Waals surface area contributed by atoms with Crippen molar-refractivity contribution in [2.24, 2.45) is 5.10 Å². The predicted octanol–water partition coefficient (Wildman–Crippen LogP) is 4.51. The highest BCUT2D eigenvalue weighted by Crippen LogP contribution is 2.23. The highest BCUT2D eigenvalue weighted by Gasteiger charge is 2.08. The van der Waals surface area contributed by atoms with E-state index in [-0.39, 0.29) is 12.5 Å². The van der Waals surface area contributed by atoms with Gasteiger partial charge in [0.15, 0.2) is 6.61 Å². The second-order valence-electron chi connectivity index (χ2n) is 6.34. The summed E-state index contributed by atoms with van der Waals surface area (Å²) in [6, 6.07) is 21.2. The first-order valence-corrected chi connectivity index (χ1v) is 9.89. The number of para-hydroxylation sites is 1. The number of aryl methyl sites for hydroxylation is 1. The van der Waals surface area contributed by atoms with Crippen LogP contribution in [0, 0.1) is 6.92 Å². The summed E-state index contributed by atoms with van der Waals surface area (Å²) in [6.07, 6.45) is 1.49. The normalized spacial score (nSPS) is 10.6. The maximum absolute atomic E-state index is 12.1. The Hall–Kier alpha value is -3.45. The molecular formula is C23H19BrN2O4. The Morgan fingerprint density at radius 3 is 2.40 bits per heavy atom. The first-order chi connectivity index (χ1) is 14.5. The fourth-order valence-corrected chi connectivity index (χ4v) is 2.79. The molecule has 0 atom stereocenters. The van der Waals surface area contributed by atoms with Crippen LogP contribution in [0.3, 0.4) is 0 Å². The van der Waals surface area contributed by atoms with Crippen LogP contribution in [0.4, 0.5) is 0 Å². The molecule has 0 aliphatic rings. The third-order valence-electron chi connectivity index (χ3n) is 3.98. The van der Waals surface area contributed by atoms with E-state index in [0.717, 1.165) is 15.6 Å². The first-order valence-electron chi connectivity index (χ1n) is 9.09. The van der Waals surface area contributed by atoms with Crippen LogP contribution in [0.25, 0.3) is 0 Å². The number of ether oxygens (including phenoxy) is 2. The first kappa shape index (κ1) is 21.3. The Kier molecular flexibility index (Phi) is 7.34. The number of hydrogen-bond donors (Lipinski definition) is 1. The summed E-state index contributed by atoms with van der Waals surface area (Å²) in [5.41, 5.74) is 4.69. The molecule has 3 aromatic rings. The summed E-state index contributed by atoms with van der Waals surface area (Å²) in [5, 5.41) is 3.90. The van der Waals surface area contributed by atoms with Gasteiger partial charge in [-0.3, -0.25) is 4.79 Å². The van der Waals surface area contributed by atoms with Crippen molar-refractivity contribution in [1.29, 1.82) is 0 Å². The number of esters is 1. The highest BCUT2D eigenvalue weighted by atomic mass is 79.9. The molecule has 0 heterocycles. The number of carbonyl (C=O) groups excluding carboxylic acids is 2. The van der Waals surface area contributed by atoms with Gasteiger partial charge in [0.05, 0.1) is 16.3 Å². The van der Waals surface area contributed by atoms with E-state index in [4.69, 9.17) is 9.47 Å². The number of nitrogens with zero attached hydrogens (tertiary/aromatic N) is 1. The summed E-state index contributed by atoms with van der Waals surface area (Å²) in [6.45, 7) is 1.79. The molecule has 0 saturated carbocycles. The third kappa shape index (κ3) is 6.28. The van der Waals surface area contributed by atoms with Crippen LogP contribution < -0.4 is 14.9 Å². The molecule has 3 aromatic carbocycles. The fraction of sp³-hybridized carbons (Fsp3) is 0.0870. The molecule has 0 bridgehead atoms. The molecule has 152 valence electrons. The summed E-state index contributed by atoms with van der Waals surface area (Å²) in [4.78, 5) is 24.0. The smallest absolute Gasteiger partial charge is 0.343 e. The summed E-state index contributed by atoms with van der Waals surface area (Å²) in [7, 11) is 0. The molecule has 6 nitrogen and oxygen atoms in total. The van der Waals surface area contributed by atoms with Gasteiger partial charge in [-0.1, -0.05) is 29.8 Å². The zero-order chi connectivity index (χ0) is 21.3. The second-order valence-corrected chi connectivity index (χ2v) is 7.19. The number of halogens is 1. The molecule has 0 radical (unpaired) electrons. The van der Waals surface area contributed by atoms with E-state index in [2.05, 4.69) is 26.5 Å². The van der Waals surface area contributed by atoms with Crippen LogP contribution in [-0.2, 0) is 4.79 Å². The molecular weight excluding hydrogens is 448 g/mol. The number of hydrazone groups is 1. The molecule has 1 N–H and O–H groups in total. The fourth-order valence-electron chi connectivity index (χ4n) is 2.39. The number of rotatable bonds is 7. The number of benzene rings is 3. The average Bonchev–Trinajstić information content (AvgIpc) is 2.75. The van der Waals surface area contributed by atoms with Gasteiger partial charge in [0, 0.05) is 0 Å². The van der Waals surface area contributed by atoms with E-state index in [1.165, 1.54) is 6.21 Å². The van der Waals surface area contributed by atoms with Crippen molar-refractivity contribution < 1.29 is 19.1 Å². The number of carbonyl (C=O) groups is 2. The minimum atomic E-state index is -0.422. The van der Waals surface area contributed by atoms with E-state index in [1.807, 2.05) is 37.3 Å². The van der Waals surface area contributed by atoms with E-state index in [9.17, 15) is 9.59 Å². The van der Waals surface area contributed by atoms with E-state index >= 15 is 0 Å². The van der Waals surface area contributed by atoms with E-state index in [0.29, 0.717) is 17.1 Å². The molecule has 0 aromatic heterocycles. The quantitative estimate of drug-likeness (QED) is 0.240. The lowest BCUT2D eigenvalue weighted by Crippen LogP contribution is -2.24. The van der Waals surface area contributed by atoms with Gasteiger partial charge in [0.2, 0.25) is 0 Å². The summed E-state index contributed by atoms with van der Waals surface area (Å²) in [5.74, 6) is 0.190. The molecule has 30 heavy (non-hydrogen) atoms. The lowest BCUT2D eigenvalue weighted by molar-refractivity contribution is -0.123. The Bertz CT molecular complexity index is 1050. The van der Waals surface area contributed by atoms with Crippen molar-refractivity contribution in [3.63, 3.8) is 0 Å². The number of amides is 1. The zero-order valence-corrected chi connectivity index (χ0v) is 17.8. The van der Waals surface area contributed by atoms with Gasteiger partial charge in [-0.15, -0.1) is 0 Å². The highest BCUT2D eigenvalue weighted by molar-refractivity contribution is 9.10. The SMILES string of the molecule is Cc1ccc(C(=O)Oc2ccc(C=NNC(=O)COc3ccccc3Br)cc2)cc1. The minimum absolute atomic E-state index is 0.159. The largest absolute Gasteiger partial charge is 0.483 e. The van der Waals surface area contributed by atoms with Gasteiger partial charge >= 0.3 is 5.97 Å². The summed E-state index contributed by atoms with van der Waals surface area (Å²) >= 11 is 3.35. The molecule has 7 heteroatoms. The lowest BCUT2D eigenvalue weighted by Gasteiger charge is -2.06. The van der Waals surface area contributed by atoms with Crippen LogP contribution in [0.5, 0.6) is 11.5 Å². The van der Waals surface area contributed by atoms with Crippen LogP contribution in [-0.4, -0.2) is 24.7 Å². The van der Waals surface area contributed by atoms with Crippen LogP contribution in [0.15, 0.2) is 82.4 Å². The van der Waals surface area contributed by atoms with Gasteiger partial charge in [-0.2, -0.15) is 5.10 Å². The van der Waals surface area contributed by atoms with Crippen molar-refractivity contribution in [3.8, 4) is 11.5 Å². The maximum Gasteiger partial charge on any atom is 0.343 e. The number of nitrogens with one attached hydrogen (secondary N) is 1. The Balaban J connectivity index is 1.47. The maximum atomic E-state index is 12.1. The topological polar surface area (TPSA) is 77.0 Å². The molecule has 0 fully saturated rings.